The lowest BCUT2D eigenvalue weighted by atomic mass is 10.1. The largest absolute Gasteiger partial charge is 0.331 e. The molecule has 138 valence electrons. The summed E-state index contributed by atoms with van der Waals surface area (Å²) in [6.07, 6.45) is 3.88. The van der Waals surface area contributed by atoms with Crippen molar-refractivity contribution in [1.29, 1.82) is 0 Å². The number of para-hydroxylation sites is 1. The summed E-state index contributed by atoms with van der Waals surface area (Å²) in [5.41, 5.74) is 2.00. The van der Waals surface area contributed by atoms with Gasteiger partial charge in [-0.3, -0.25) is 9.10 Å². The standard InChI is InChI=1S/C20H19N3O3S/c1-14-12-15-6-3-4-9-18(15)23(14)27(25,26)17-8-5-7-16(13-17)19(24)20-21-10-11-22(20)2/h3-11,13-14H,12H2,1-2H3/t14-/m1/s1. The van der Waals surface area contributed by atoms with E-state index in [-0.39, 0.29) is 22.5 Å². The van der Waals surface area contributed by atoms with E-state index in [9.17, 15) is 13.2 Å². The zero-order valence-corrected chi connectivity index (χ0v) is 15.8. The zero-order chi connectivity index (χ0) is 19.2. The molecule has 0 saturated carbocycles. The van der Waals surface area contributed by atoms with Gasteiger partial charge in [-0.05, 0) is 37.1 Å². The Morgan fingerprint density at radius 1 is 1.15 bits per heavy atom. The number of sulfonamides is 1. The molecule has 3 aromatic rings. The normalized spacial score (nSPS) is 16.4. The van der Waals surface area contributed by atoms with Crippen LogP contribution in [-0.2, 0) is 23.5 Å². The highest BCUT2D eigenvalue weighted by molar-refractivity contribution is 7.92. The molecule has 0 aliphatic carbocycles. The summed E-state index contributed by atoms with van der Waals surface area (Å²) in [6.45, 7) is 1.89. The van der Waals surface area contributed by atoms with E-state index in [1.165, 1.54) is 22.6 Å². The van der Waals surface area contributed by atoms with Gasteiger partial charge in [-0.25, -0.2) is 13.4 Å². The highest BCUT2D eigenvalue weighted by atomic mass is 32.2. The number of imidazole rings is 1. The first-order valence-corrected chi connectivity index (χ1v) is 10.1. The minimum absolute atomic E-state index is 0.103. The van der Waals surface area contributed by atoms with Crippen molar-refractivity contribution in [3.63, 3.8) is 0 Å². The van der Waals surface area contributed by atoms with Gasteiger partial charge >= 0.3 is 0 Å². The molecular weight excluding hydrogens is 362 g/mol. The van der Waals surface area contributed by atoms with Crippen molar-refractivity contribution in [2.45, 2.75) is 24.3 Å². The van der Waals surface area contributed by atoms with Crippen molar-refractivity contribution in [2.24, 2.45) is 7.05 Å². The van der Waals surface area contributed by atoms with E-state index < -0.39 is 10.0 Å². The molecule has 4 rings (SSSR count). The number of hydrogen-bond acceptors (Lipinski definition) is 4. The van der Waals surface area contributed by atoms with Gasteiger partial charge < -0.3 is 4.57 Å². The van der Waals surface area contributed by atoms with Crippen LogP contribution in [0.15, 0.2) is 65.8 Å². The second-order valence-electron chi connectivity index (χ2n) is 6.70. The maximum atomic E-state index is 13.3. The number of aromatic nitrogens is 2. The van der Waals surface area contributed by atoms with Gasteiger partial charge in [-0.2, -0.15) is 0 Å². The number of ketones is 1. The fourth-order valence-electron chi connectivity index (χ4n) is 3.53. The average Bonchev–Trinajstić information content (AvgIpc) is 3.23. The second kappa shape index (κ2) is 6.35. The first-order valence-electron chi connectivity index (χ1n) is 8.64. The molecule has 0 amide bonds. The average molecular weight is 381 g/mol. The van der Waals surface area contributed by atoms with Crippen LogP contribution in [0.4, 0.5) is 5.69 Å². The number of hydrogen-bond donors (Lipinski definition) is 0. The molecule has 0 radical (unpaired) electrons. The van der Waals surface area contributed by atoms with Crippen LogP contribution in [0, 0.1) is 0 Å². The molecule has 0 fully saturated rings. The molecule has 2 aromatic carbocycles. The third kappa shape index (κ3) is 2.84. The van der Waals surface area contributed by atoms with Crippen LogP contribution in [0.3, 0.4) is 0 Å². The summed E-state index contributed by atoms with van der Waals surface area (Å²) in [7, 11) is -2.06. The van der Waals surface area contributed by atoms with Crippen LogP contribution in [0.5, 0.6) is 0 Å². The van der Waals surface area contributed by atoms with E-state index in [0.717, 1.165) is 5.56 Å². The number of carbonyl (C=O) groups is 1. The molecule has 1 atom stereocenters. The molecule has 1 aromatic heterocycles. The number of carbonyl (C=O) groups excluding carboxylic acids is 1. The minimum atomic E-state index is -3.78. The lowest BCUT2D eigenvalue weighted by Gasteiger charge is -2.24. The molecule has 0 spiro atoms. The Labute approximate surface area is 158 Å². The van der Waals surface area contributed by atoms with Crippen LogP contribution < -0.4 is 4.31 Å². The Bertz CT molecular complexity index is 1130. The van der Waals surface area contributed by atoms with Crippen molar-refractivity contribution >= 4 is 21.5 Å². The van der Waals surface area contributed by atoms with Gasteiger partial charge in [-0.1, -0.05) is 30.3 Å². The van der Waals surface area contributed by atoms with Gasteiger partial charge in [-0.15, -0.1) is 0 Å². The van der Waals surface area contributed by atoms with Gasteiger partial charge in [0.15, 0.2) is 5.82 Å². The monoisotopic (exact) mass is 381 g/mol. The smallest absolute Gasteiger partial charge is 0.264 e. The second-order valence-corrected chi connectivity index (χ2v) is 8.52. The molecule has 0 unspecified atom stereocenters. The molecule has 1 aliphatic heterocycles. The van der Waals surface area contributed by atoms with Crippen molar-refractivity contribution in [2.75, 3.05) is 4.31 Å². The summed E-state index contributed by atoms with van der Waals surface area (Å²) in [5.74, 6) is -0.0427. The Hall–Kier alpha value is -2.93. The van der Waals surface area contributed by atoms with Gasteiger partial charge in [0, 0.05) is 31.0 Å². The molecule has 2 heterocycles. The Morgan fingerprint density at radius 2 is 1.93 bits per heavy atom. The summed E-state index contributed by atoms with van der Waals surface area (Å²) in [4.78, 5) is 16.9. The Balaban J connectivity index is 1.76. The van der Waals surface area contributed by atoms with E-state index in [1.54, 1.807) is 29.9 Å². The SMILES string of the molecule is C[C@@H]1Cc2ccccc2N1S(=O)(=O)c1cccc(C(=O)c2nccn2C)c1. The quantitative estimate of drug-likeness (QED) is 0.652. The van der Waals surface area contributed by atoms with Crippen LogP contribution in [0.25, 0.3) is 0 Å². The highest BCUT2D eigenvalue weighted by Crippen LogP contribution is 2.36. The summed E-state index contributed by atoms with van der Waals surface area (Å²) in [5, 5.41) is 0. The molecule has 6 nitrogen and oxygen atoms in total. The summed E-state index contributed by atoms with van der Waals surface area (Å²) in [6, 6.07) is 13.5. The number of nitrogens with zero attached hydrogens (tertiary/aromatic N) is 3. The molecule has 0 bridgehead atoms. The van der Waals surface area contributed by atoms with Crippen molar-refractivity contribution in [3.05, 3.63) is 77.9 Å². The summed E-state index contributed by atoms with van der Waals surface area (Å²) >= 11 is 0. The topological polar surface area (TPSA) is 72.3 Å². The van der Waals surface area contributed by atoms with Crippen LogP contribution in [0.1, 0.15) is 28.7 Å². The third-order valence-electron chi connectivity index (χ3n) is 4.82. The van der Waals surface area contributed by atoms with Gasteiger partial charge in [0.25, 0.3) is 10.0 Å². The minimum Gasteiger partial charge on any atom is -0.331 e. The maximum absolute atomic E-state index is 13.3. The molecule has 0 N–H and O–H groups in total. The number of benzene rings is 2. The van der Waals surface area contributed by atoms with E-state index in [1.807, 2.05) is 31.2 Å². The van der Waals surface area contributed by atoms with Gasteiger partial charge in [0.1, 0.15) is 0 Å². The van der Waals surface area contributed by atoms with E-state index in [2.05, 4.69) is 4.98 Å². The first kappa shape index (κ1) is 17.5. The fraction of sp³-hybridized carbons (Fsp3) is 0.200. The molecule has 1 aliphatic rings. The molecule has 27 heavy (non-hydrogen) atoms. The number of anilines is 1. The third-order valence-corrected chi connectivity index (χ3v) is 6.75. The number of aryl methyl sites for hydroxylation is 1. The Morgan fingerprint density at radius 3 is 2.67 bits per heavy atom. The van der Waals surface area contributed by atoms with Gasteiger partial charge in [0.2, 0.25) is 5.78 Å². The van der Waals surface area contributed by atoms with Gasteiger partial charge in [0.05, 0.1) is 10.6 Å². The molecular formula is C20H19N3O3S. The van der Waals surface area contributed by atoms with Crippen LogP contribution >= 0.6 is 0 Å². The Kier molecular flexibility index (Phi) is 4.11. The van der Waals surface area contributed by atoms with Crippen molar-refractivity contribution < 1.29 is 13.2 Å². The zero-order valence-electron chi connectivity index (χ0n) is 15.0. The van der Waals surface area contributed by atoms with Crippen molar-refractivity contribution in [1.82, 2.24) is 9.55 Å². The van der Waals surface area contributed by atoms with E-state index >= 15 is 0 Å². The van der Waals surface area contributed by atoms with E-state index in [4.69, 9.17) is 0 Å². The predicted octanol–water partition coefficient (Wildman–Crippen LogP) is 2.79. The number of rotatable bonds is 4. The van der Waals surface area contributed by atoms with Crippen LogP contribution in [-0.4, -0.2) is 29.8 Å². The lowest BCUT2D eigenvalue weighted by molar-refractivity contribution is 0.102. The highest BCUT2D eigenvalue weighted by Gasteiger charge is 2.36. The predicted molar refractivity (Wildman–Crippen MR) is 102 cm³/mol. The summed E-state index contributed by atoms with van der Waals surface area (Å²) < 4.78 is 29.7. The maximum Gasteiger partial charge on any atom is 0.264 e. The number of fused-ring (bicyclic) bond motifs is 1. The molecule has 0 saturated heterocycles. The first-order chi connectivity index (χ1) is 12.9. The lowest BCUT2D eigenvalue weighted by Crippen LogP contribution is -2.35. The van der Waals surface area contributed by atoms with Crippen LogP contribution in [0.2, 0.25) is 0 Å². The van der Waals surface area contributed by atoms with Crippen molar-refractivity contribution in [3.8, 4) is 0 Å². The fourth-order valence-corrected chi connectivity index (χ4v) is 5.27. The molecule has 7 heteroatoms. The van der Waals surface area contributed by atoms with E-state index in [0.29, 0.717) is 17.7 Å².